The summed E-state index contributed by atoms with van der Waals surface area (Å²) in [4.78, 5) is 33.4. The van der Waals surface area contributed by atoms with Crippen LogP contribution < -0.4 is 4.90 Å². The highest BCUT2D eigenvalue weighted by Gasteiger charge is 2.31. The molecular weight excluding hydrogens is 566 g/mol. The number of rotatable bonds is 8. The molecule has 0 unspecified atom stereocenters. The molecule has 2 aliphatic rings. The van der Waals surface area contributed by atoms with Crippen molar-refractivity contribution in [2.45, 2.75) is 84.7 Å². The Bertz CT molecular complexity index is 1590. The number of pyridine rings is 1. The number of fused-ring (bicyclic) bond motifs is 2. The Morgan fingerprint density at radius 3 is 2.49 bits per heavy atom. The van der Waals surface area contributed by atoms with E-state index in [4.69, 9.17) is 14.2 Å². The highest BCUT2D eigenvalue weighted by Crippen LogP contribution is 2.38. The maximum absolute atomic E-state index is 13.7. The molecule has 0 amide bonds. The van der Waals surface area contributed by atoms with Crippen LogP contribution in [0.2, 0.25) is 0 Å². The molecule has 6 rings (SSSR count). The lowest BCUT2D eigenvalue weighted by Crippen LogP contribution is -3.13. The van der Waals surface area contributed by atoms with Gasteiger partial charge in [0.2, 0.25) is 11.5 Å². The number of carbonyl (C=O) groups excluding carboxylic acids is 2. The van der Waals surface area contributed by atoms with Crippen LogP contribution in [0.15, 0.2) is 47.0 Å². The van der Waals surface area contributed by atoms with Crippen LogP contribution in [-0.4, -0.2) is 62.7 Å². The van der Waals surface area contributed by atoms with E-state index in [0.717, 1.165) is 87.0 Å². The fourth-order valence-electron chi connectivity index (χ4n) is 6.79. The average Bonchev–Trinajstić information content (AvgIpc) is 3.64. The number of benzene rings is 1. The van der Waals surface area contributed by atoms with Gasteiger partial charge < -0.3 is 19.2 Å². The summed E-state index contributed by atoms with van der Waals surface area (Å²) in [5.74, 6) is 0.731. The molecule has 2 N–H and O–H groups in total. The normalized spacial score (nSPS) is 20.6. The van der Waals surface area contributed by atoms with Crippen molar-refractivity contribution in [3.05, 3.63) is 65.3 Å². The van der Waals surface area contributed by atoms with E-state index in [9.17, 15) is 9.90 Å². The number of piperidine rings is 1. The number of likely N-dealkylation sites (tertiary alicyclic amines) is 1. The van der Waals surface area contributed by atoms with Crippen LogP contribution in [0.1, 0.15) is 93.2 Å². The maximum atomic E-state index is 13.7. The minimum absolute atomic E-state index is 0.0427. The Labute approximate surface area is 266 Å². The lowest BCUT2D eigenvalue weighted by Gasteiger charge is -2.34. The number of aryl methyl sites for hydroxylation is 2. The van der Waals surface area contributed by atoms with Crippen molar-refractivity contribution in [1.29, 1.82) is 0 Å². The van der Waals surface area contributed by atoms with Gasteiger partial charge in [0.1, 0.15) is 11.8 Å². The molecule has 45 heavy (non-hydrogen) atoms. The van der Waals surface area contributed by atoms with Crippen molar-refractivity contribution in [3.63, 3.8) is 0 Å². The molecule has 2 atom stereocenters. The van der Waals surface area contributed by atoms with E-state index in [2.05, 4.69) is 61.2 Å². The minimum atomic E-state index is -0.177. The number of hydrogen-bond donors (Lipinski definition) is 2. The third kappa shape index (κ3) is 7.94. The molecule has 1 fully saturated rings. The van der Waals surface area contributed by atoms with Gasteiger partial charge in [-0.2, -0.15) is 5.10 Å². The second-order valence-electron chi connectivity index (χ2n) is 13.8. The van der Waals surface area contributed by atoms with Crippen molar-refractivity contribution in [3.8, 4) is 11.3 Å². The number of nitrogens with one attached hydrogen (secondary N) is 1. The molecule has 1 aliphatic heterocycles. The third-order valence-corrected chi connectivity index (χ3v) is 9.65. The summed E-state index contributed by atoms with van der Waals surface area (Å²) in [7, 11) is 1.94. The second kappa shape index (κ2) is 14.2. The highest BCUT2D eigenvalue weighted by atomic mass is 16.4. The number of ketones is 1. The van der Waals surface area contributed by atoms with Crippen LogP contribution in [0.4, 0.5) is 0 Å². The number of aldehydes is 1. The summed E-state index contributed by atoms with van der Waals surface area (Å²) < 4.78 is 7.87. The topological polar surface area (TPSA) is 116 Å². The van der Waals surface area contributed by atoms with Crippen LogP contribution in [0.5, 0.6) is 0 Å². The van der Waals surface area contributed by atoms with E-state index < -0.39 is 0 Å². The van der Waals surface area contributed by atoms with E-state index in [-0.39, 0.29) is 29.1 Å². The fraction of sp³-hybridized carbons (Fsp3) is 0.528. The third-order valence-electron chi connectivity index (χ3n) is 9.65. The lowest BCUT2D eigenvalue weighted by molar-refractivity contribution is -0.906. The molecule has 4 heterocycles. The summed E-state index contributed by atoms with van der Waals surface area (Å²) in [6.07, 6.45) is 8.32. The molecule has 9 nitrogen and oxygen atoms in total. The lowest BCUT2D eigenvalue weighted by atomic mass is 9.71. The van der Waals surface area contributed by atoms with Crippen LogP contribution in [0.25, 0.3) is 22.5 Å². The molecule has 9 heteroatoms. The number of nitrogens with zero attached hydrogens (tertiary/aromatic N) is 4. The van der Waals surface area contributed by atoms with E-state index in [1.165, 1.54) is 17.4 Å². The fourth-order valence-corrected chi connectivity index (χ4v) is 6.79. The van der Waals surface area contributed by atoms with E-state index in [0.29, 0.717) is 23.6 Å². The zero-order chi connectivity index (χ0) is 32.1. The number of hydrogen-bond acceptors (Lipinski definition) is 7. The smallest absolute Gasteiger partial charge is 0.265 e. The van der Waals surface area contributed by atoms with Crippen molar-refractivity contribution in [2.75, 3.05) is 19.6 Å². The molecule has 0 saturated carbocycles. The standard InChI is InChI=1S/C34H43N5O3.C2H4O/c1-34(2,3)26-9-10-28-25(19-26)20-29-32(36-28)42-33(37-29)31(41)21-24(12-16-39-17-13-27(40)14-18-39)22-5-7-23(8-6-22)30-11-15-35-38(30)4;1-2-3/h5-8,11,15,20,24,26-27,40H,9-10,12-14,16-19,21H2,1-4H3;2H,1H3/p+1/t24-,26-;/m0./s1. The van der Waals surface area contributed by atoms with Crippen LogP contribution >= 0.6 is 0 Å². The number of aromatic nitrogens is 4. The van der Waals surface area contributed by atoms with Gasteiger partial charge in [0.15, 0.2) is 0 Å². The van der Waals surface area contributed by atoms with Gasteiger partial charge in [-0.25, -0.2) is 9.97 Å². The zero-order valence-electron chi connectivity index (χ0n) is 27.4. The highest BCUT2D eigenvalue weighted by molar-refractivity contribution is 5.94. The maximum Gasteiger partial charge on any atom is 0.265 e. The Kier molecular flexibility index (Phi) is 10.3. The minimum Gasteiger partial charge on any atom is -0.415 e. The second-order valence-corrected chi connectivity index (χ2v) is 13.8. The first-order valence-electron chi connectivity index (χ1n) is 16.4. The Hall–Kier alpha value is -3.69. The van der Waals surface area contributed by atoms with Gasteiger partial charge in [-0.3, -0.25) is 9.48 Å². The SMILES string of the molecule is CC=O.Cn1nccc1-c1ccc([C@@H](CC[NH+]2CCC(O)CC2)CC(=O)c2nc3cc4c(nc3o2)CC[C@H](C(C)(C)C)C4)cc1. The number of oxazole rings is 1. The largest absolute Gasteiger partial charge is 0.415 e. The first-order valence-corrected chi connectivity index (χ1v) is 16.4. The molecule has 3 aromatic heterocycles. The number of carbonyl (C=O) groups is 2. The Morgan fingerprint density at radius 1 is 1.13 bits per heavy atom. The van der Waals surface area contributed by atoms with Crippen LogP contribution in [-0.2, 0) is 24.7 Å². The number of aliphatic hydroxyl groups excluding tert-OH is 1. The van der Waals surface area contributed by atoms with Gasteiger partial charge in [-0.05, 0) is 72.3 Å². The molecule has 1 aromatic carbocycles. The summed E-state index contributed by atoms with van der Waals surface area (Å²) in [6, 6.07) is 12.6. The van der Waals surface area contributed by atoms with E-state index >= 15 is 0 Å². The van der Waals surface area contributed by atoms with Crippen molar-refractivity contribution >= 4 is 23.3 Å². The van der Waals surface area contributed by atoms with Gasteiger partial charge >= 0.3 is 0 Å². The van der Waals surface area contributed by atoms with Crippen molar-refractivity contribution in [2.24, 2.45) is 18.4 Å². The Morgan fingerprint density at radius 2 is 1.84 bits per heavy atom. The van der Waals surface area contributed by atoms with Gasteiger partial charge in [0.05, 0.1) is 31.4 Å². The first-order chi connectivity index (χ1) is 21.5. The summed E-state index contributed by atoms with van der Waals surface area (Å²) in [5, 5.41) is 14.2. The predicted molar refractivity (Wildman–Crippen MR) is 174 cm³/mol. The van der Waals surface area contributed by atoms with Gasteiger partial charge in [-0.1, -0.05) is 45.0 Å². The molecule has 240 valence electrons. The van der Waals surface area contributed by atoms with E-state index in [1.54, 1.807) is 6.20 Å². The van der Waals surface area contributed by atoms with Gasteiger partial charge in [-0.15, -0.1) is 0 Å². The van der Waals surface area contributed by atoms with Gasteiger partial charge in [0, 0.05) is 44.6 Å². The number of Topliss-reactive ketones (excluding diaryl/α,β-unsaturated/α-hetero) is 1. The molecule has 0 bridgehead atoms. The molecule has 0 radical (unpaired) electrons. The molecule has 1 saturated heterocycles. The summed E-state index contributed by atoms with van der Waals surface area (Å²) in [6.45, 7) is 11.3. The van der Waals surface area contributed by atoms with Crippen molar-refractivity contribution < 1.29 is 24.0 Å². The van der Waals surface area contributed by atoms with Crippen LogP contribution in [0.3, 0.4) is 0 Å². The van der Waals surface area contributed by atoms with E-state index in [1.807, 2.05) is 17.8 Å². The van der Waals surface area contributed by atoms with Crippen LogP contribution in [0, 0.1) is 11.3 Å². The predicted octanol–water partition coefficient (Wildman–Crippen LogP) is 4.77. The van der Waals surface area contributed by atoms with Crippen molar-refractivity contribution in [1.82, 2.24) is 19.7 Å². The average molecular weight is 615 g/mol. The summed E-state index contributed by atoms with van der Waals surface area (Å²) in [5.41, 5.74) is 7.02. The first kappa shape index (κ1) is 32.7. The molecule has 0 spiro atoms. The quantitative estimate of drug-likeness (QED) is 0.217. The molecule has 1 aliphatic carbocycles. The monoisotopic (exact) mass is 614 g/mol. The zero-order valence-corrected chi connectivity index (χ0v) is 27.4. The summed E-state index contributed by atoms with van der Waals surface area (Å²) >= 11 is 0. The van der Waals surface area contributed by atoms with Gasteiger partial charge in [0.25, 0.3) is 5.89 Å². The number of aliphatic hydroxyl groups is 1. The molecule has 4 aromatic rings. The molecular formula is C36H48N5O4+. The number of quaternary nitrogens is 1. The Balaban J connectivity index is 0.00000128.